The molecular weight excluding hydrogens is 312 g/mol. The van der Waals surface area contributed by atoms with Gasteiger partial charge >= 0.3 is 5.97 Å². The van der Waals surface area contributed by atoms with Crippen LogP contribution < -0.4 is 10.6 Å². The van der Waals surface area contributed by atoms with Crippen LogP contribution in [0.2, 0.25) is 0 Å². The Morgan fingerprint density at radius 1 is 1.26 bits per heavy atom. The lowest BCUT2D eigenvalue weighted by Gasteiger charge is -2.06. The van der Waals surface area contributed by atoms with Gasteiger partial charge in [-0.05, 0) is 18.2 Å². The Balaban J connectivity index is 2.00. The molecule has 2 rings (SSSR count). The highest BCUT2D eigenvalue weighted by Gasteiger charge is 2.00. The first kappa shape index (κ1) is 13.3. The van der Waals surface area contributed by atoms with Gasteiger partial charge in [0.15, 0.2) is 0 Å². The number of hydrogen-bond acceptors (Lipinski definition) is 5. The molecule has 0 amide bonds. The summed E-state index contributed by atoms with van der Waals surface area (Å²) in [5, 5.41) is 14.2. The molecule has 3 N–H and O–H groups in total. The third kappa shape index (κ3) is 4.22. The number of nitrogens with one attached hydrogen (secondary N) is 2. The molecule has 0 bridgehead atoms. The maximum absolute atomic E-state index is 10.4. The molecule has 0 atom stereocenters. The van der Waals surface area contributed by atoms with Crippen molar-refractivity contribution in [2.24, 2.45) is 0 Å². The lowest BCUT2D eigenvalue weighted by atomic mass is 10.3. The van der Waals surface area contributed by atoms with Crippen molar-refractivity contribution in [1.29, 1.82) is 0 Å². The van der Waals surface area contributed by atoms with Gasteiger partial charge < -0.3 is 15.7 Å². The number of carbonyl (C=O) groups is 1. The van der Waals surface area contributed by atoms with Crippen molar-refractivity contribution in [1.82, 2.24) is 9.97 Å². The summed E-state index contributed by atoms with van der Waals surface area (Å²) < 4.78 is 0.963. The zero-order valence-corrected chi connectivity index (χ0v) is 11.4. The van der Waals surface area contributed by atoms with Gasteiger partial charge in [-0.15, -0.1) is 0 Å². The fourth-order valence-corrected chi connectivity index (χ4v) is 1.76. The minimum absolute atomic E-state index is 0.187. The number of nitrogens with zero attached hydrogens (tertiary/aromatic N) is 2. The average Bonchev–Trinajstić information content (AvgIpc) is 2.38. The summed E-state index contributed by atoms with van der Waals surface area (Å²) in [6, 6.07) is 7.65. The Hall–Kier alpha value is -2.15. The molecule has 0 saturated carbocycles. The summed E-state index contributed by atoms with van der Waals surface area (Å²) in [6.07, 6.45) is 3.01. The lowest BCUT2D eigenvalue weighted by Crippen LogP contribution is -2.13. The smallest absolute Gasteiger partial charge is 0.322 e. The number of halogens is 1. The van der Waals surface area contributed by atoms with Crippen LogP contribution >= 0.6 is 15.9 Å². The van der Waals surface area contributed by atoms with E-state index in [1.807, 2.05) is 24.3 Å². The number of anilines is 3. The molecule has 0 unspecified atom stereocenters. The standard InChI is InChI=1S/C12H11BrN4O2/c13-8-2-1-3-9(4-8)17-11-6-14-10(5-15-11)16-7-12(18)19/h1-6H,7H2,(H,14,16)(H,15,17)(H,18,19). The van der Waals surface area contributed by atoms with Crippen LogP contribution in [-0.2, 0) is 4.79 Å². The molecule has 0 saturated heterocycles. The van der Waals surface area contributed by atoms with E-state index in [0.29, 0.717) is 11.6 Å². The van der Waals surface area contributed by atoms with Crippen molar-refractivity contribution in [2.75, 3.05) is 17.2 Å². The third-order valence-electron chi connectivity index (χ3n) is 2.17. The molecule has 0 radical (unpaired) electrons. The van der Waals surface area contributed by atoms with Crippen molar-refractivity contribution < 1.29 is 9.90 Å². The Kier molecular flexibility index (Phi) is 4.30. The Morgan fingerprint density at radius 3 is 2.63 bits per heavy atom. The monoisotopic (exact) mass is 322 g/mol. The second kappa shape index (κ2) is 6.14. The van der Waals surface area contributed by atoms with Crippen LogP contribution in [0.15, 0.2) is 41.1 Å². The molecule has 0 aliphatic carbocycles. The molecule has 0 aliphatic rings. The van der Waals surface area contributed by atoms with Gasteiger partial charge in [0.1, 0.15) is 18.2 Å². The summed E-state index contributed by atoms with van der Waals surface area (Å²) in [5.74, 6) is 0.0549. The van der Waals surface area contributed by atoms with Crippen molar-refractivity contribution in [3.8, 4) is 0 Å². The van der Waals surface area contributed by atoms with Gasteiger partial charge in [-0.2, -0.15) is 0 Å². The highest BCUT2D eigenvalue weighted by atomic mass is 79.9. The lowest BCUT2D eigenvalue weighted by molar-refractivity contribution is -0.134. The Labute approximate surface area is 118 Å². The molecule has 98 valence electrons. The Bertz CT molecular complexity index is 574. The van der Waals surface area contributed by atoms with E-state index < -0.39 is 5.97 Å². The van der Waals surface area contributed by atoms with Gasteiger partial charge in [-0.1, -0.05) is 22.0 Å². The third-order valence-corrected chi connectivity index (χ3v) is 2.66. The normalized spacial score (nSPS) is 9.95. The first-order valence-corrected chi connectivity index (χ1v) is 6.23. The van der Waals surface area contributed by atoms with E-state index in [1.165, 1.54) is 12.4 Å². The highest BCUT2D eigenvalue weighted by Crippen LogP contribution is 2.19. The number of carboxylic acids is 1. The van der Waals surface area contributed by atoms with Crippen molar-refractivity contribution in [2.45, 2.75) is 0 Å². The van der Waals surface area contributed by atoms with E-state index in [0.717, 1.165) is 10.2 Å². The average molecular weight is 323 g/mol. The second-order valence-corrected chi connectivity index (χ2v) is 4.59. The fraction of sp³-hybridized carbons (Fsp3) is 0.0833. The SMILES string of the molecule is O=C(O)CNc1cnc(Nc2cccc(Br)c2)cn1. The van der Waals surface area contributed by atoms with Gasteiger partial charge in [-0.3, -0.25) is 4.79 Å². The number of hydrogen-bond donors (Lipinski definition) is 3. The number of carboxylic acid groups (broad SMARTS) is 1. The van der Waals surface area contributed by atoms with Gasteiger partial charge in [0.2, 0.25) is 0 Å². The van der Waals surface area contributed by atoms with E-state index in [9.17, 15) is 4.79 Å². The largest absolute Gasteiger partial charge is 0.480 e. The van der Waals surface area contributed by atoms with Crippen LogP contribution in [0.25, 0.3) is 0 Å². The minimum atomic E-state index is -0.946. The zero-order valence-electron chi connectivity index (χ0n) is 9.80. The van der Waals surface area contributed by atoms with Crippen LogP contribution in [0.3, 0.4) is 0 Å². The molecule has 6 nitrogen and oxygen atoms in total. The summed E-state index contributed by atoms with van der Waals surface area (Å²) in [7, 11) is 0. The van der Waals surface area contributed by atoms with Gasteiger partial charge in [0.25, 0.3) is 0 Å². The molecule has 0 spiro atoms. The van der Waals surface area contributed by atoms with Crippen molar-refractivity contribution in [3.63, 3.8) is 0 Å². The van der Waals surface area contributed by atoms with E-state index in [1.54, 1.807) is 0 Å². The molecule has 2 aromatic rings. The fourth-order valence-electron chi connectivity index (χ4n) is 1.36. The van der Waals surface area contributed by atoms with Crippen molar-refractivity contribution in [3.05, 3.63) is 41.1 Å². The molecular formula is C12H11BrN4O2. The van der Waals surface area contributed by atoms with Crippen molar-refractivity contribution >= 4 is 39.2 Å². The molecule has 1 aromatic carbocycles. The maximum Gasteiger partial charge on any atom is 0.322 e. The highest BCUT2D eigenvalue weighted by molar-refractivity contribution is 9.10. The molecule has 7 heteroatoms. The Morgan fingerprint density at radius 2 is 2.00 bits per heavy atom. The van der Waals surface area contributed by atoms with Crippen LogP contribution in [0, 0.1) is 0 Å². The quantitative estimate of drug-likeness (QED) is 0.784. The summed E-state index contributed by atoms with van der Waals surface area (Å²) in [6.45, 7) is -0.187. The molecule has 0 aliphatic heterocycles. The van der Waals surface area contributed by atoms with Crippen LogP contribution in [0.4, 0.5) is 17.3 Å². The van der Waals surface area contributed by atoms with Gasteiger partial charge in [-0.25, -0.2) is 9.97 Å². The van der Waals surface area contributed by atoms with Gasteiger partial charge in [0.05, 0.1) is 12.4 Å². The topological polar surface area (TPSA) is 87.1 Å². The van der Waals surface area contributed by atoms with E-state index in [2.05, 4.69) is 36.5 Å². The molecule has 19 heavy (non-hydrogen) atoms. The number of aliphatic carboxylic acids is 1. The van der Waals surface area contributed by atoms with E-state index in [4.69, 9.17) is 5.11 Å². The van der Waals surface area contributed by atoms with Crippen LogP contribution in [0.5, 0.6) is 0 Å². The zero-order chi connectivity index (χ0) is 13.7. The molecule has 0 fully saturated rings. The predicted molar refractivity (Wildman–Crippen MR) is 75.6 cm³/mol. The minimum Gasteiger partial charge on any atom is -0.480 e. The maximum atomic E-state index is 10.4. The first-order chi connectivity index (χ1) is 9.13. The molecule has 1 aromatic heterocycles. The van der Waals surface area contributed by atoms with Gasteiger partial charge in [0, 0.05) is 10.2 Å². The second-order valence-electron chi connectivity index (χ2n) is 3.67. The van der Waals surface area contributed by atoms with Crippen LogP contribution in [-0.4, -0.2) is 27.6 Å². The van der Waals surface area contributed by atoms with E-state index >= 15 is 0 Å². The first-order valence-electron chi connectivity index (χ1n) is 5.44. The number of aromatic nitrogens is 2. The van der Waals surface area contributed by atoms with E-state index in [-0.39, 0.29) is 6.54 Å². The summed E-state index contributed by atoms with van der Waals surface area (Å²) in [4.78, 5) is 18.6. The molecule has 1 heterocycles. The number of rotatable bonds is 5. The number of benzene rings is 1. The summed E-state index contributed by atoms with van der Waals surface area (Å²) in [5.41, 5.74) is 0.884. The predicted octanol–water partition coefficient (Wildman–Crippen LogP) is 2.48. The summed E-state index contributed by atoms with van der Waals surface area (Å²) >= 11 is 3.38. The van der Waals surface area contributed by atoms with Crippen LogP contribution in [0.1, 0.15) is 0 Å².